The summed E-state index contributed by atoms with van der Waals surface area (Å²) in [6.45, 7) is 2.06. The van der Waals surface area contributed by atoms with E-state index < -0.39 is 0 Å². The Labute approximate surface area is 121 Å². The van der Waals surface area contributed by atoms with Crippen LogP contribution in [0.25, 0.3) is 0 Å². The molecule has 0 unspecified atom stereocenters. The fourth-order valence-corrected chi connectivity index (χ4v) is 2.42. The molecule has 0 bridgehead atoms. The van der Waals surface area contributed by atoms with Crippen molar-refractivity contribution in [2.75, 3.05) is 0 Å². The first kappa shape index (κ1) is 13.5. The molecule has 0 radical (unpaired) electrons. The van der Waals surface area contributed by atoms with Gasteiger partial charge in [0, 0.05) is 6.42 Å². The van der Waals surface area contributed by atoms with Crippen LogP contribution in [0, 0.1) is 0 Å². The van der Waals surface area contributed by atoms with Crippen molar-refractivity contribution in [3.63, 3.8) is 0 Å². The van der Waals surface area contributed by atoms with Gasteiger partial charge in [-0.05, 0) is 34.3 Å². The Bertz CT molecular complexity index is 529. The fourth-order valence-electron chi connectivity index (χ4n) is 1.76. The number of hydrogen-bond donors (Lipinski definition) is 0. The first-order chi connectivity index (χ1) is 8.70. The number of aromatic nitrogens is 2. The quantitative estimate of drug-likeness (QED) is 0.786. The summed E-state index contributed by atoms with van der Waals surface area (Å²) in [5.74, 6) is 0.809. The molecule has 1 heterocycles. The van der Waals surface area contributed by atoms with Crippen molar-refractivity contribution in [1.82, 2.24) is 9.97 Å². The molecule has 2 nitrogen and oxygen atoms in total. The van der Waals surface area contributed by atoms with Gasteiger partial charge in [-0.2, -0.15) is 0 Å². The third kappa shape index (κ3) is 3.30. The Hall–Kier alpha value is -0.930. The van der Waals surface area contributed by atoms with Gasteiger partial charge in [-0.1, -0.05) is 48.9 Å². The van der Waals surface area contributed by atoms with Gasteiger partial charge in [-0.3, -0.25) is 0 Å². The van der Waals surface area contributed by atoms with Gasteiger partial charge in [0.15, 0.2) is 0 Å². The van der Waals surface area contributed by atoms with E-state index in [2.05, 4.69) is 45.0 Å². The summed E-state index contributed by atoms with van der Waals surface area (Å²) in [4.78, 5) is 8.83. The standard InChI is InChI=1S/C14H14BrClN2/c1-2-11-13(15)14(16)18-12(17-11)9-8-10-6-4-3-5-7-10/h3-7H,2,8-9H2,1H3. The minimum Gasteiger partial charge on any atom is -0.237 e. The average Bonchev–Trinajstić information content (AvgIpc) is 2.41. The summed E-state index contributed by atoms with van der Waals surface area (Å²) in [5, 5.41) is 0.505. The molecular weight excluding hydrogens is 312 g/mol. The number of aryl methyl sites for hydroxylation is 3. The van der Waals surface area contributed by atoms with Gasteiger partial charge in [0.05, 0.1) is 10.2 Å². The van der Waals surface area contributed by atoms with E-state index in [1.54, 1.807) is 0 Å². The molecule has 0 aliphatic heterocycles. The number of benzene rings is 1. The Kier molecular flexibility index (Phi) is 4.72. The molecular formula is C14H14BrClN2. The smallest absolute Gasteiger partial charge is 0.147 e. The van der Waals surface area contributed by atoms with E-state index in [-0.39, 0.29) is 0 Å². The normalized spacial score (nSPS) is 10.6. The summed E-state index contributed by atoms with van der Waals surface area (Å²) >= 11 is 9.50. The van der Waals surface area contributed by atoms with E-state index in [4.69, 9.17) is 11.6 Å². The van der Waals surface area contributed by atoms with Gasteiger partial charge in [0.2, 0.25) is 0 Å². The van der Waals surface area contributed by atoms with E-state index in [0.29, 0.717) is 5.15 Å². The lowest BCUT2D eigenvalue weighted by molar-refractivity contribution is 0.827. The van der Waals surface area contributed by atoms with Gasteiger partial charge in [-0.15, -0.1) is 0 Å². The highest BCUT2D eigenvalue weighted by Crippen LogP contribution is 2.24. The van der Waals surface area contributed by atoms with Crippen molar-refractivity contribution < 1.29 is 0 Å². The van der Waals surface area contributed by atoms with E-state index in [9.17, 15) is 0 Å². The van der Waals surface area contributed by atoms with Crippen LogP contribution in [0.15, 0.2) is 34.8 Å². The van der Waals surface area contributed by atoms with Crippen LogP contribution >= 0.6 is 27.5 Å². The highest BCUT2D eigenvalue weighted by atomic mass is 79.9. The topological polar surface area (TPSA) is 25.8 Å². The van der Waals surface area contributed by atoms with Crippen LogP contribution in [0.3, 0.4) is 0 Å². The number of rotatable bonds is 4. The predicted octanol–water partition coefficient (Wildman–Crippen LogP) is 4.24. The molecule has 2 aromatic rings. The van der Waals surface area contributed by atoms with Crippen molar-refractivity contribution in [2.45, 2.75) is 26.2 Å². The Morgan fingerprint density at radius 2 is 1.83 bits per heavy atom. The van der Waals surface area contributed by atoms with Gasteiger partial charge in [-0.25, -0.2) is 9.97 Å². The first-order valence-electron chi connectivity index (χ1n) is 5.95. The molecule has 0 N–H and O–H groups in total. The second kappa shape index (κ2) is 6.30. The maximum Gasteiger partial charge on any atom is 0.147 e. The van der Waals surface area contributed by atoms with Crippen LogP contribution in [0.4, 0.5) is 0 Å². The molecule has 0 amide bonds. The van der Waals surface area contributed by atoms with Gasteiger partial charge < -0.3 is 0 Å². The van der Waals surface area contributed by atoms with Crippen molar-refractivity contribution >= 4 is 27.5 Å². The largest absolute Gasteiger partial charge is 0.237 e. The van der Waals surface area contributed by atoms with Gasteiger partial charge >= 0.3 is 0 Å². The zero-order valence-corrected chi connectivity index (χ0v) is 12.5. The van der Waals surface area contributed by atoms with Crippen LogP contribution in [-0.2, 0) is 19.3 Å². The molecule has 94 valence electrons. The lowest BCUT2D eigenvalue weighted by Gasteiger charge is -2.06. The number of halogens is 2. The SMILES string of the molecule is CCc1nc(CCc2ccccc2)nc(Cl)c1Br. The summed E-state index contributed by atoms with van der Waals surface area (Å²) < 4.78 is 0.815. The van der Waals surface area contributed by atoms with Gasteiger partial charge in [0.25, 0.3) is 0 Å². The Balaban J connectivity index is 2.13. The number of nitrogens with zero attached hydrogens (tertiary/aromatic N) is 2. The van der Waals surface area contributed by atoms with Crippen molar-refractivity contribution in [3.8, 4) is 0 Å². The van der Waals surface area contributed by atoms with Crippen LogP contribution in [-0.4, -0.2) is 9.97 Å². The lowest BCUT2D eigenvalue weighted by Crippen LogP contribution is -2.03. The van der Waals surface area contributed by atoms with Crippen LogP contribution in [0.5, 0.6) is 0 Å². The second-order valence-electron chi connectivity index (χ2n) is 4.03. The van der Waals surface area contributed by atoms with Gasteiger partial charge in [0.1, 0.15) is 11.0 Å². The molecule has 4 heteroatoms. The third-order valence-corrected chi connectivity index (χ3v) is 4.08. The summed E-state index contributed by atoms with van der Waals surface area (Å²) in [6.07, 6.45) is 2.59. The van der Waals surface area contributed by atoms with E-state index >= 15 is 0 Å². The summed E-state index contributed by atoms with van der Waals surface area (Å²) in [6, 6.07) is 10.3. The molecule has 0 aliphatic rings. The zero-order valence-electron chi connectivity index (χ0n) is 10.2. The Morgan fingerprint density at radius 1 is 1.11 bits per heavy atom. The average molecular weight is 326 g/mol. The number of hydrogen-bond acceptors (Lipinski definition) is 2. The maximum absolute atomic E-state index is 6.08. The third-order valence-electron chi connectivity index (χ3n) is 2.74. The highest BCUT2D eigenvalue weighted by Gasteiger charge is 2.09. The highest BCUT2D eigenvalue weighted by molar-refractivity contribution is 9.10. The predicted molar refractivity (Wildman–Crippen MR) is 78.0 cm³/mol. The van der Waals surface area contributed by atoms with E-state index in [1.807, 2.05) is 18.2 Å². The fraction of sp³-hybridized carbons (Fsp3) is 0.286. The summed E-state index contributed by atoms with van der Waals surface area (Å²) in [5.41, 5.74) is 2.26. The minimum atomic E-state index is 0.505. The van der Waals surface area contributed by atoms with E-state index in [0.717, 1.165) is 35.3 Å². The minimum absolute atomic E-state index is 0.505. The monoisotopic (exact) mass is 324 g/mol. The lowest BCUT2D eigenvalue weighted by atomic mass is 10.1. The van der Waals surface area contributed by atoms with Crippen LogP contribution < -0.4 is 0 Å². The van der Waals surface area contributed by atoms with Crippen molar-refractivity contribution in [2.24, 2.45) is 0 Å². The molecule has 0 fully saturated rings. The molecule has 18 heavy (non-hydrogen) atoms. The molecule has 1 aromatic heterocycles. The molecule has 0 saturated carbocycles. The van der Waals surface area contributed by atoms with Crippen LogP contribution in [0.2, 0.25) is 5.15 Å². The molecule has 0 atom stereocenters. The van der Waals surface area contributed by atoms with Crippen molar-refractivity contribution in [3.05, 3.63) is 57.0 Å². The summed E-state index contributed by atoms with van der Waals surface area (Å²) in [7, 11) is 0. The second-order valence-corrected chi connectivity index (χ2v) is 5.18. The van der Waals surface area contributed by atoms with Crippen LogP contribution in [0.1, 0.15) is 24.0 Å². The Morgan fingerprint density at radius 3 is 2.50 bits per heavy atom. The molecule has 0 spiro atoms. The maximum atomic E-state index is 6.08. The molecule has 0 aliphatic carbocycles. The molecule has 2 rings (SSSR count). The molecule has 1 aromatic carbocycles. The van der Waals surface area contributed by atoms with Crippen molar-refractivity contribution in [1.29, 1.82) is 0 Å². The zero-order chi connectivity index (χ0) is 13.0. The van der Waals surface area contributed by atoms with E-state index in [1.165, 1.54) is 5.56 Å². The molecule has 0 saturated heterocycles. The first-order valence-corrected chi connectivity index (χ1v) is 7.12.